The Balaban J connectivity index is 2.22. The molecule has 136 valence electrons. The first-order chi connectivity index (χ1) is 12.4. The van der Waals surface area contributed by atoms with Crippen LogP contribution in [-0.2, 0) is 4.79 Å². The molecule has 0 bridgehead atoms. The highest BCUT2D eigenvalue weighted by atomic mass is 32.1. The van der Waals surface area contributed by atoms with E-state index in [4.69, 9.17) is 4.42 Å². The van der Waals surface area contributed by atoms with E-state index in [0.717, 1.165) is 17.1 Å². The van der Waals surface area contributed by atoms with Crippen LogP contribution >= 0.6 is 11.3 Å². The van der Waals surface area contributed by atoms with E-state index in [1.807, 2.05) is 20.8 Å². The number of carbonyl (C=O) groups excluding carboxylic acids is 2. The molecule has 7 heteroatoms. The van der Waals surface area contributed by atoms with Crippen LogP contribution in [0.15, 0.2) is 22.6 Å². The third kappa shape index (κ3) is 4.21. The Morgan fingerprint density at radius 2 is 2.00 bits per heavy atom. The lowest BCUT2D eigenvalue weighted by molar-refractivity contribution is -0.111. The molecule has 0 aliphatic heterocycles. The van der Waals surface area contributed by atoms with Crippen LogP contribution in [0.3, 0.4) is 0 Å². The summed E-state index contributed by atoms with van der Waals surface area (Å²) in [5.41, 5.74) is 0.913. The number of aryl methyl sites for hydroxylation is 1. The molecule has 2 rings (SSSR count). The zero-order chi connectivity index (χ0) is 19.3. The number of anilines is 1. The summed E-state index contributed by atoms with van der Waals surface area (Å²) in [6, 6.07) is 5.64. The number of hydrogen-bond donors (Lipinski definition) is 1. The largest absolute Gasteiger partial charge is 0.462 e. The van der Waals surface area contributed by atoms with Crippen LogP contribution in [0.1, 0.15) is 46.2 Å². The van der Waals surface area contributed by atoms with Gasteiger partial charge in [-0.05, 0) is 51.5 Å². The van der Waals surface area contributed by atoms with Crippen molar-refractivity contribution in [1.29, 1.82) is 5.26 Å². The lowest BCUT2D eigenvalue weighted by Gasteiger charge is -2.17. The molecule has 2 aromatic heterocycles. The molecule has 2 amide bonds. The summed E-state index contributed by atoms with van der Waals surface area (Å²) < 4.78 is 5.37. The Labute approximate surface area is 156 Å². The van der Waals surface area contributed by atoms with Gasteiger partial charge in [-0.2, -0.15) is 5.26 Å². The van der Waals surface area contributed by atoms with E-state index in [1.54, 1.807) is 30.0 Å². The van der Waals surface area contributed by atoms with Gasteiger partial charge in [0.2, 0.25) is 5.91 Å². The lowest BCUT2D eigenvalue weighted by atomic mass is 10.1. The molecule has 0 saturated heterocycles. The van der Waals surface area contributed by atoms with Gasteiger partial charge in [-0.1, -0.05) is 0 Å². The van der Waals surface area contributed by atoms with E-state index in [9.17, 15) is 14.9 Å². The van der Waals surface area contributed by atoms with Crippen molar-refractivity contribution in [2.75, 3.05) is 18.4 Å². The molecule has 0 saturated carbocycles. The van der Waals surface area contributed by atoms with Crippen molar-refractivity contribution >= 4 is 34.2 Å². The second-order valence-corrected chi connectivity index (χ2v) is 6.64. The van der Waals surface area contributed by atoms with Gasteiger partial charge < -0.3 is 14.6 Å². The molecule has 6 nitrogen and oxygen atoms in total. The number of hydrogen-bond acceptors (Lipinski definition) is 5. The Morgan fingerprint density at radius 3 is 2.54 bits per heavy atom. The standard InChI is InChI=1S/C19H21N3O3S/c1-5-22(6-2)19(24)17-13(4)15(11-20)18(26-17)21-16(23)10-9-14-8-7-12(3)25-14/h7-10H,5-6H2,1-4H3,(H,21,23)/b10-9+. The third-order valence-electron chi connectivity index (χ3n) is 3.90. The van der Waals surface area contributed by atoms with E-state index in [1.165, 1.54) is 6.08 Å². The first-order valence-electron chi connectivity index (χ1n) is 8.29. The van der Waals surface area contributed by atoms with Gasteiger partial charge in [0.15, 0.2) is 0 Å². The summed E-state index contributed by atoms with van der Waals surface area (Å²) >= 11 is 1.13. The van der Waals surface area contributed by atoms with Crippen LogP contribution in [0.5, 0.6) is 0 Å². The van der Waals surface area contributed by atoms with E-state index in [2.05, 4.69) is 11.4 Å². The Bertz CT molecular complexity index is 882. The van der Waals surface area contributed by atoms with E-state index < -0.39 is 5.91 Å². The molecule has 0 spiro atoms. The molecule has 2 heterocycles. The predicted octanol–water partition coefficient (Wildman–Crippen LogP) is 3.96. The topological polar surface area (TPSA) is 86.3 Å². The van der Waals surface area contributed by atoms with E-state index in [0.29, 0.717) is 39.9 Å². The lowest BCUT2D eigenvalue weighted by Crippen LogP contribution is -2.30. The SMILES string of the molecule is CCN(CC)C(=O)c1sc(NC(=O)/C=C/c2ccc(C)o2)c(C#N)c1C. The molecule has 0 unspecified atom stereocenters. The highest BCUT2D eigenvalue weighted by Crippen LogP contribution is 2.33. The van der Waals surface area contributed by atoms with Crippen molar-refractivity contribution in [2.24, 2.45) is 0 Å². The van der Waals surface area contributed by atoms with Gasteiger partial charge in [0.05, 0.1) is 10.4 Å². The van der Waals surface area contributed by atoms with Crippen LogP contribution in [0, 0.1) is 25.2 Å². The first-order valence-corrected chi connectivity index (χ1v) is 9.11. The molecule has 26 heavy (non-hydrogen) atoms. The predicted molar refractivity (Wildman–Crippen MR) is 102 cm³/mol. The minimum Gasteiger partial charge on any atom is -0.462 e. The minimum atomic E-state index is -0.390. The highest BCUT2D eigenvalue weighted by molar-refractivity contribution is 7.18. The fourth-order valence-electron chi connectivity index (χ4n) is 2.45. The van der Waals surface area contributed by atoms with Gasteiger partial charge in [-0.25, -0.2) is 0 Å². The fourth-order valence-corrected chi connectivity index (χ4v) is 3.58. The van der Waals surface area contributed by atoms with Crippen molar-refractivity contribution in [3.63, 3.8) is 0 Å². The number of rotatable bonds is 6. The van der Waals surface area contributed by atoms with Crippen molar-refractivity contribution in [1.82, 2.24) is 4.90 Å². The summed E-state index contributed by atoms with van der Waals surface area (Å²) in [5, 5.41) is 12.5. The maximum Gasteiger partial charge on any atom is 0.264 e. The number of thiophene rings is 1. The zero-order valence-corrected chi connectivity index (χ0v) is 16.1. The number of furan rings is 1. The molecular weight excluding hydrogens is 350 g/mol. The van der Waals surface area contributed by atoms with Crippen LogP contribution in [0.2, 0.25) is 0 Å². The van der Waals surface area contributed by atoms with Crippen molar-refractivity contribution in [2.45, 2.75) is 27.7 Å². The van der Waals surface area contributed by atoms with Gasteiger partial charge in [-0.3, -0.25) is 9.59 Å². The Morgan fingerprint density at radius 1 is 1.31 bits per heavy atom. The monoisotopic (exact) mass is 371 g/mol. The molecule has 0 radical (unpaired) electrons. The average molecular weight is 371 g/mol. The maximum absolute atomic E-state index is 12.6. The first kappa shape index (κ1) is 19.5. The number of nitriles is 1. The second-order valence-electron chi connectivity index (χ2n) is 5.62. The Kier molecular flexibility index (Phi) is 6.36. The van der Waals surface area contributed by atoms with E-state index >= 15 is 0 Å². The van der Waals surface area contributed by atoms with Crippen molar-refractivity contribution in [3.8, 4) is 6.07 Å². The zero-order valence-electron chi connectivity index (χ0n) is 15.3. The van der Waals surface area contributed by atoms with Crippen LogP contribution < -0.4 is 5.32 Å². The van der Waals surface area contributed by atoms with Crippen molar-refractivity contribution < 1.29 is 14.0 Å². The normalized spacial score (nSPS) is 10.7. The van der Waals surface area contributed by atoms with Crippen molar-refractivity contribution in [3.05, 3.63) is 45.7 Å². The average Bonchev–Trinajstić information content (AvgIpc) is 3.17. The Hall–Kier alpha value is -2.85. The highest BCUT2D eigenvalue weighted by Gasteiger charge is 2.23. The van der Waals surface area contributed by atoms with Gasteiger partial charge in [0.25, 0.3) is 5.91 Å². The van der Waals surface area contributed by atoms with Crippen LogP contribution in [0.4, 0.5) is 5.00 Å². The van der Waals surface area contributed by atoms with Gasteiger partial charge in [-0.15, -0.1) is 11.3 Å². The number of nitrogens with zero attached hydrogens (tertiary/aromatic N) is 2. The molecule has 0 fully saturated rings. The molecule has 2 aromatic rings. The quantitative estimate of drug-likeness (QED) is 0.779. The molecule has 0 aromatic carbocycles. The molecule has 1 N–H and O–H groups in total. The van der Waals surface area contributed by atoms with E-state index in [-0.39, 0.29) is 5.91 Å². The molecular formula is C19H21N3O3S. The minimum absolute atomic E-state index is 0.129. The third-order valence-corrected chi connectivity index (χ3v) is 5.10. The molecule has 0 aliphatic rings. The number of nitrogens with one attached hydrogen (secondary N) is 1. The van der Waals surface area contributed by atoms with Gasteiger partial charge in [0.1, 0.15) is 22.6 Å². The smallest absolute Gasteiger partial charge is 0.264 e. The van der Waals surface area contributed by atoms with Crippen LogP contribution in [-0.4, -0.2) is 29.8 Å². The summed E-state index contributed by atoms with van der Waals surface area (Å²) in [4.78, 5) is 26.9. The summed E-state index contributed by atoms with van der Waals surface area (Å²) in [6.45, 7) is 8.52. The summed E-state index contributed by atoms with van der Waals surface area (Å²) in [7, 11) is 0. The van der Waals surface area contributed by atoms with Gasteiger partial charge >= 0.3 is 0 Å². The summed E-state index contributed by atoms with van der Waals surface area (Å²) in [5.74, 6) is 0.804. The summed E-state index contributed by atoms with van der Waals surface area (Å²) in [6.07, 6.45) is 2.89. The molecule has 0 aliphatic carbocycles. The molecule has 0 atom stereocenters. The number of amides is 2. The van der Waals surface area contributed by atoms with Crippen LogP contribution in [0.25, 0.3) is 6.08 Å². The van der Waals surface area contributed by atoms with Gasteiger partial charge in [0, 0.05) is 19.2 Å². The fraction of sp³-hybridized carbons (Fsp3) is 0.316. The maximum atomic E-state index is 12.6. The second kappa shape index (κ2) is 8.50. The number of carbonyl (C=O) groups is 2.